The van der Waals surface area contributed by atoms with Crippen LogP contribution in [-0.4, -0.2) is 38.6 Å². The van der Waals surface area contributed by atoms with Crippen LogP contribution in [0.2, 0.25) is 0 Å². The Morgan fingerprint density at radius 2 is 2.20 bits per heavy atom. The molecule has 1 aliphatic carbocycles. The molecule has 0 atom stereocenters. The van der Waals surface area contributed by atoms with Crippen LogP contribution in [0.5, 0.6) is 0 Å². The second kappa shape index (κ2) is 3.94. The molecule has 60 valence electrons. The topological polar surface area (TPSA) is 15.3 Å². The van der Waals surface area contributed by atoms with E-state index >= 15 is 0 Å². The lowest BCUT2D eigenvalue weighted by Crippen LogP contribution is -2.28. The van der Waals surface area contributed by atoms with Crippen LogP contribution in [0.4, 0.5) is 0 Å². The van der Waals surface area contributed by atoms with E-state index in [1.807, 2.05) is 7.05 Å². The Kier molecular flexibility index (Phi) is 3.16. The van der Waals surface area contributed by atoms with E-state index in [0.717, 1.165) is 12.5 Å². The molecule has 1 rings (SSSR count). The zero-order valence-electron chi connectivity index (χ0n) is 7.06. The molecule has 10 heavy (non-hydrogen) atoms. The molecule has 1 N–H and O–H groups in total. The molecule has 1 saturated carbocycles. The molecule has 0 saturated heterocycles. The van der Waals surface area contributed by atoms with Crippen LogP contribution >= 0.6 is 0 Å². The predicted molar refractivity (Wildman–Crippen MR) is 44.1 cm³/mol. The first-order valence-electron chi connectivity index (χ1n) is 4.16. The molecule has 0 aromatic carbocycles. The van der Waals surface area contributed by atoms with E-state index in [1.54, 1.807) is 0 Å². The second-order valence-electron chi connectivity index (χ2n) is 3.31. The van der Waals surface area contributed by atoms with E-state index in [-0.39, 0.29) is 0 Å². The van der Waals surface area contributed by atoms with Crippen LogP contribution in [0.3, 0.4) is 0 Å². The van der Waals surface area contributed by atoms with E-state index in [9.17, 15) is 0 Å². The third kappa shape index (κ3) is 3.18. The number of hydrogen-bond acceptors (Lipinski definition) is 2. The lowest BCUT2D eigenvalue weighted by Gasteiger charge is -2.14. The fourth-order valence-corrected chi connectivity index (χ4v) is 1.14. The molecule has 0 unspecified atom stereocenters. The Morgan fingerprint density at radius 1 is 1.50 bits per heavy atom. The molecule has 0 radical (unpaired) electrons. The van der Waals surface area contributed by atoms with Crippen molar-refractivity contribution in [2.24, 2.45) is 5.92 Å². The lowest BCUT2D eigenvalue weighted by molar-refractivity contribution is 0.322. The third-order valence-electron chi connectivity index (χ3n) is 2.01. The maximum atomic E-state index is 3.15. The summed E-state index contributed by atoms with van der Waals surface area (Å²) < 4.78 is 0. The smallest absolute Gasteiger partial charge is 0.0104 e. The van der Waals surface area contributed by atoms with Gasteiger partial charge in [-0.2, -0.15) is 0 Å². The zero-order valence-corrected chi connectivity index (χ0v) is 7.06. The van der Waals surface area contributed by atoms with E-state index < -0.39 is 0 Å². The van der Waals surface area contributed by atoms with Gasteiger partial charge in [-0.05, 0) is 32.9 Å². The van der Waals surface area contributed by atoms with Crippen molar-refractivity contribution in [3.63, 3.8) is 0 Å². The van der Waals surface area contributed by atoms with Gasteiger partial charge in [0.1, 0.15) is 0 Å². The number of likely N-dealkylation sites (N-methyl/N-ethyl adjacent to an activating group) is 2. The SMILES string of the molecule is CNCCN(C)CC1CC1. The van der Waals surface area contributed by atoms with Gasteiger partial charge in [0.05, 0.1) is 0 Å². The molecule has 2 nitrogen and oxygen atoms in total. The van der Waals surface area contributed by atoms with Gasteiger partial charge < -0.3 is 10.2 Å². The van der Waals surface area contributed by atoms with Crippen molar-refractivity contribution >= 4 is 0 Å². The number of nitrogens with one attached hydrogen (secondary N) is 1. The van der Waals surface area contributed by atoms with Gasteiger partial charge >= 0.3 is 0 Å². The summed E-state index contributed by atoms with van der Waals surface area (Å²) in [5.74, 6) is 1.03. The fraction of sp³-hybridized carbons (Fsp3) is 1.00. The molecular formula is C8H18N2. The quantitative estimate of drug-likeness (QED) is 0.603. The van der Waals surface area contributed by atoms with Gasteiger partial charge in [-0.1, -0.05) is 0 Å². The Balaban J connectivity index is 1.91. The number of nitrogens with zero attached hydrogens (tertiary/aromatic N) is 1. The molecular weight excluding hydrogens is 124 g/mol. The highest BCUT2D eigenvalue weighted by Gasteiger charge is 2.22. The monoisotopic (exact) mass is 142 g/mol. The third-order valence-corrected chi connectivity index (χ3v) is 2.01. The average Bonchev–Trinajstić information content (AvgIpc) is 2.67. The molecule has 1 aliphatic rings. The van der Waals surface area contributed by atoms with E-state index in [0.29, 0.717) is 0 Å². The summed E-state index contributed by atoms with van der Waals surface area (Å²) in [5.41, 5.74) is 0. The van der Waals surface area contributed by atoms with E-state index in [2.05, 4.69) is 17.3 Å². The van der Waals surface area contributed by atoms with Gasteiger partial charge in [-0.15, -0.1) is 0 Å². The highest BCUT2D eigenvalue weighted by molar-refractivity contribution is 4.75. The van der Waals surface area contributed by atoms with Gasteiger partial charge in [0.15, 0.2) is 0 Å². The van der Waals surface area contributed by atoms with Crippen molar-refractivity contribution in [2.45, 2.75) is 12.8 Å². The summed E-state index contributed by atoms with van der Waals surface area (Å²) >= 11 is 0. The first-order valence-corrected chi connectivity index (χ1v) is 4.16. The zero-order chi connectivity index (χ0) is 7.40. The maximum Gasteiger partial charge on any atom is 0.0104 e. The van der Waals surface area contributed by atoms with Crippen molar-refractivity contribution in [3.8, 4) is 0 Å². The van der Waals surface area contributed by atoms with Crippen LogP contribution in [0.15, 0.2) is 0 Å². The maximum absolute atomic E-state index is 3.15. The number of hydrogen-bond donors (Lipinski definition) is 1. The molecule has 0 bridgehead atoms. The highest BCUT2D eigenvalue weighted by atomic mass is 15.1. The van der Waals surface area contributed by atoms with Crippen LogP contribution in [-0.2, 0) is 0 Å². The number of rotatable bonds is 5. The van der Waals surface area contributed by atoms with E-state index in [1.165, 1.54) is 25.9 Å². The highest BCUT2D eigenvalue weighted by Crippen LogP contribution is 2.29. The summed E-state index contributed by atoms with van der Waals surface area (Å²) in [6, 6.07) is 0. The summed E-state index contributed by atoms with van der Waals surface area (Å²) in [6.07, 6.45) is 2.92. The minimum absolute atomic E-state index is 1.03. The molecule has 0 spiro atoms. The molecule has 2 heteroatoms. The molecule has 0 aromatic rings. The minimum Gasteiger partial charge on any atom is -0.318 e. The van der Waals surface area contributed by atoms with Crippen LogP contribution < -0.4 is 5.32 Å². The van der Waals surface area contributed by atoms with Gasteiger partial charge in [-0.25, -0.2) is 0 Å². The first-order chi connectivity index (χ1) is 4.83. The van der Waals surface area contributed by atoms with Crippen LogP contribution in [0.1, 0.15) is 12.8 Å². The van der Waals surface area contributed by atoms with Crippen molar-refractivity contribution < 1.29 is 0 Å². The van der Waals surface area contributed by atoms with Crippen molar-refractivity contribution in [3.05, 3.63) is 0 Å². The van der Waals surface area contributed by atoms with Gasteiger partial charge in [0.25, 0.3) is 0 Å². The summed E-state index contributed by atoms with van der Waals surface area (Å²) in [7, 11) is 4.21. The van der Waals surface area contributed by atoms with Crippen molar-refractivity contribution in [1.82, 2.24) is 10.2 Å². The Morgan fingerprint density at radius 3 is 2.70 bits per heavy atom. The van der Waals surface area contributed by atoms with Gasteiger partial charge in [0.2, 0.25) is 0 Å². The lowest BCUT2D eigenvalue weighted by atomic mass is 10.4. The predicted octanol–water partition coefficient (Wildman–Crippen LogP) is 0.548. The van der Waals surface area contributed by atoms with Crippen LogP contribution in [0.25, 0.3) is 0 Å². The molecule has 0 heterocycles. The minimum atomic E-state index is 1.03. The van der Waals surface area contributed by atoms with E-state index in [4.69, 9.17) is 0 Å². The summed E-state index contributed by atoms with van der Waals surface area (Å²) in [6.45, 7) is 3.61. The fourth-order valence-electron chi connectivity index (χ4n) is 1.14. The Hall–Kier alpha value is -0.0800. The Bertz CT molecular complexity index is 89.3. The standard InChI is InChI=1S/C8H18N2/c1-9-5-6-10(2)7-8-3-4-8/h8-9H,3-7H2,1-2H3. The first kappa shape index (κ1) is 8.02. The summed E-state index contributed by atoms with van der Waals surface area (Å²) in [5, 5.41) is 3.15. The molecule has 0 aliphatic heterocycles. The average molecular weight is 142 g/mol. The molecule has 0 aromatic heterocycles. The van der Waals surface area contributed by atoms with Gasteiger partial charge in [-0.3, -0.25) is 0 Å². The second-order valence-corrected chi connectivity index (χ2v) is 3.31. The van der Waals surface area contributed by atoms with Crippen molar-refractivity contribution in [1.29, 1.82) is 0 Å². The van der Waals surface area contributed by atoms with Gasteiger partial charge in [0, 0.05) is 19.6 Å². The largest absolute Gasteiger partial charge is 0.318 e. The van der Waals surface area contributed by atoms with Crippen LogP contribution in [0, 0.1) is 5.92 Å². The summed E-state index contributed by atoms with van der Waals surface area (Å²) in [4.78, 5) is 2.41. The molecule has 0 amide bonds. The Labute approximate surface area is 63.6 Å². The molecule has 1 fully saturated rings. The van der Waals surface area contributed by atoms with Crippen molar-refractivity contribution in [2.75, 3.05) is 33.7 Å². The normalized spacial score (nSPS) is 18.3.